The molecule has 1 aromatic heterocycles. The number of oxime groups is 1. The first-order valence-electron chi connectivity index (χ1n) is 5.07. The van der Waals surface area contributed by atoms with Crippen LogP contribution in [0.2, 0.25) is 0 Å². The van der Waals surface area contributed by atoms with Crippen molar-refractivity contribution in [3.05, 3.63) is 54.1 Å². The van der Waals surface area contributed by atoms with Crippen LogP contribution >= 0.6 is 0 Å². The highest BCUT2D eigenvalue weighted by atomic mass is 127. The molecule has 1 heterocycles. The lowest BCUT2D eigenvalue weighted by Gasteiger charge is -1.99. The highest BCUT2D eigenvalue weighted by Crippen LogP contribution is 2.03. The third-order valence-corrected chi connectivity index (χ3v) is 2.49. The summed E-state index contributed by atoms with van der Waals surface area (Å²) in [6.07, 6.45) is 5.33. The predicted molar refractivity (Wildman–Crippen MR) is 60.5 cm³/mol. The zero-order chi connectivity index (χ0) is 11.4. The standard InChI is InChI=1S/C12H13N3O.HI/c1-14-7-8-15(12(14)9-13-16)10-11-5-3-2-4-6-11;/h2-9H,10H2,1H3;1H. The number of hydrogen-bond donors (Lipinski definition) is 1. The van der Waals surface area contributed by atoms with Crippen molar-refractivity contribution < 1.29 is 33.8 Å². The van der Waals surface area contributed by atoms with Crippen LogP contribution < -0.4 is 28.5 Å². The van der Waals surface area contributed by atoms with Gasteiger partial charge in [-0.15, -0.1) is 0 Å². The summed E-state index contributed by atoms with van der Waals surface area (Å²) in [6, 6.07) is 10.2. The Labute approximate surface area is 117 Å². The Morgan fingerprint density at radius 3 is 2.71 bits per heavy atom. The molecular weight excluding hydrogens is 329 g/mol. The number of rotatable bonds is 3. The second-order valence-corrected chi connectivity index (χ2v) is 3.63. The molecule has 0 aliphatic rings. The second-order valence-electron chi connectivity index (χ2n) is 3.63. The van der Waals surface area contributed by atoms with Gasteiger partial charge in [0.1, 0.15) is 18.9 Å². The quantitative estimate of drug-likeness (QED) is 0.230. The topological polar surface area (TPSA) is 41.4 Å². The summed E-state index contributed by atoms with van der Waals surface area (Å²) in [5.41, 5.74) is 1.21. The van der Waals surface area contributed by atoms with Gasteiger partial charge in [0.2, 0.25) is 0 Å². The fraction of sp³-hybridized carbons (Fsp3) is 0.167. The normalized spacial score (nSPS) is 10.4. The molecular formula is C12H14IN3O. The van der Waals surface area contributed by atoms with Gasteiger partial charge in [-0.05, 0) is 5.56 Å². The molecule has 0 aliphatic heterocycles. The Morgan fingerprint density at radius 2 is 2.06 bits per heavy atom. The number of halogens is 1. The monoisotopic (exact) mass is 343 g/mol. The minimum atomic E-state index is 0. The zero-order valence-electron chi connectivity index (χ0n) is 9.49. The molecule has 1 N–H and O–H groups in total. The molecule has 90 valence electrons. The van der Waals surface area contributed by atoms with Crippen molar-refractivity contribution in [1.29, 1.82) is 0 Å². The van der Waals surface area contributed by atoms with Crippen molar-refractivity contribution >= 4 is 6.21 Å². The predicted octanol–water partition coefficient (Wildman–Crippen LogP) is -1.83. The fourth-order valence-electron chi connectivity index (χ4n) is 1.67. The molecule has 5 heteroatoms. The highest BCUT2D eigenvalue weighted by molar-refractivity contribution is 5.72. The molecule has 0 fully saturated rings. The molecule has 1 aromatic carbocycles. The molecule has 0 amide bonds. The van der Waals surface area contributed by atoms with Crippen LogP contribution in [-0.4, -0.2) is 16.0 Å². The van der Waals surface area contributed by atoms with Gasteiger partial charge in [0, 0.05) is 0 Å². The maximum atomic E-state index is 8.60. The first kappa shape index (κ1) is 13.7. The van der Waals surface area contributed by atoms with Crippen LogP contribution in [0.5, 0.6) is 0 Å². The molecule has 0 unspecified atom stereocenters. The van der Waals surface area contributed by atoms with Gasteiger partial charge in [-0.3, -0.25) is 0 Å². The summed E-state index contributed by atoms with van der Waals surface area (Å²) < 4.78 is 3.93. The van der Waals surface area contributed by atoms with Crippen LogP contribution in [0.4, 0.5) is 0 Å². The Bertz CT molecular complexity index is 494. The number of nitrogens with zero attached hydrogens (tertiary/aromatic N) is 3. The van der Waals surface area contributed by atoms with Crippen molar-refractivity contribution in [3.8, 4) is 0 Å². The highest BCUT2D eigenvalue weighted by Gasteiger charge is 2.12. The van der Waals surface area contributed by atoms with E-state index in [4.69, 9.17) is 5.21 Å². The van der Waals surface area contributed by atoms with Crippen molar-refractivity contribution in [2.45, 2.75) is 6.54 Å². The van der Waals surface area contributed by atoms with Gasteiger partial charge >= 0.3 is 5.82 Å². The van der Waals surface area contributed by atoms with Crippen LogP contribution in [0, 0.1) is 0 Å². The van der Waals surface area contributed by atoms with E-state index in [1.165, 1.54) is 11.8 Å². The summed E-state index contributed by atoms with van der Waals surface area (Å²) >= 11 is 0. The SMILES string of the molecule is C[n+]1ccn(Cc2ccccc2)c1/C=N/O.[I-]. The average molecular weight is 343 g/mol. The minimum Gasteiger partial charge on any atom is -1.00 e. The van der Waals surface area contributed by atoms with E-state index in [0.29, 0.717) is 0 Å². The Hall–Kier alpha value is -1.37. The van der Waals surface area contributed by atoms with Gasteiger partial charge in [-0.25, -0.2) is 9.13 Å². The van der Waals surface area contributed by atoms with E-state index in [1.54, 1.807) is 0 Å². The van der Waals surface area contributed by atoms with Crippen LogP contribution in [0.15, 0.2) is 47.9 Å². The summed E-state index contributed by atoms with van der Waals surface area (Å²) in [7, 11) is 1.92. The molecule has 0 spiro atoms. The van der Waals surface area contributed by atoms with Crippen molar-refractivity contribution in [2.24, 2.45) is 12.2 Å². The van der Waals surface area contributed by atoms with Gasteiger partial charge in [-0.2, -0.15) is 0 Å². The van der Waals surface area contributed by atoms with Crippen LogP contribution in [0.1, 0.15) is 11.4 Å². The average Bonchev–Trinajstić information content (AvgIpc) is 2.64. The molecule has 0 saturated heterocycles. The van der Waals surface area contributed by atoms with E-state index in [-0.39, 0.29) is 24.0 Å². The van der Waals surface area contributed by atoms with Gasteiger partial charge in [0.05, 0.1) is 7.05 Å². The molecule has 0 aliphatic carbocycles. The summed E-state index contributed by atoms with van der Waals surface area (Å²) in [5, 5.41) is 11.7. The van der Waals surface area contributed by atoms with Crippen LogP contribution in [0.25, 0.3) is 0 Å². The second kappa shape index (κ2) is 6.39. The zero-order valence-corrected chi connectivity index (χ0v) is 11.7. The third kappa shape index (κ3) is 3.29. The summed E-state index contributed by atoms with van der Waals surface area (Å²) in [4.78, 5) is 0. The molecule has 0 bridgehead atoms. The molecule has 0 atom stereocenters. The van der Waals surface area contributed by atoms with Gasteiger partial charge in [0.25, 0.3) is 0 Å². The molecule has 0 saturated carbocycles. The first-order chi connectivity index (χ1) is 7.81. The molecule has 17 heavy (non-hydrogen) atoms. The van der Waals surface area contributed by atoms with E-state index >= 15 is 0 Å². The fourth-order valence-corrected chi connectivity index (χ4v) is 1.67. The Morgan fingerprint density at radius 1 is 1.35 bits per heavy atom. The smallest absolute Gasteiger partial charge is 0.303 e. The first-order valence-corrected chi connectivity index (χ1v) is 5.07. The lowest BCUT2D eigenvalue weighted by Crippen LogP contribution is -3.00. The number of aromatic nitrogens is 2. The molecule has 2 aromatic rings. The van der Waals surface area contributed by atoms with Crippen LogP contribution in [0.3, 0.4) is 0 Å². The minimum absolute atomic E-state index is 0. The lowest BCUT2D eigenvalue weighted by molar-refractivity contribution is -0.671. The van der Waals surface area contributed by atoms with Crippen molar-refractivity contribution in [3.63, 3.8) is 0 Å². The number of benzene rings is 1. The largest absolute Gasteiger partial charge is 1.00 e. The summed E-state index contributed by atoms with van der Waals surface area (Å²) in [5.74, 6) is 0.853. The Kier molecular flexibility index (Phi) is 5.14. The van der Waals surface area contributed by atoms with Gasteiger partial charge < -0.3 is 29.2 Å². The van der Waals surface area contributed by atoms with Crippen molar-refractivity contribution in [2.75, 3.05) is 0 Å². The van der Waals surface area contributed by atoms with E-state index in [1.807, 2.05) is 46.8 Å². The maximum Gasteiger partial charge on any atom is 0.303 e. The Balaban J connectivity index is 0.00000144. The maximum absolute atomic E-state index is 8.60. The van der Waals surface area contributed by atoms with E-state index in [9.17, 15) is 0 Å². The van der Waals surface area contributed by atoms with Gasteiger partial charge in [-0.1, -0.05) is 35.5 Å². The van der Waals surface area contributed by atoms with Gasteiger partial charge in [0.15, 0.2) is 6.21 Å². The van der Waals surface area contributed by atoms with E-state index in [2.05, 4.69) is 17.3 Å². The molecule has 2 rings (SSSR count). The third-order valence-electron chi connectivity index (χ3n) is 2.49. The van der Waals surface area contributed by atoms with E-state index in [0.717, 1.165) is 12.4 Å². The number of aryl methyl sites for hydroxylation is 1. The molecule has 4 nitrogen and oxygen atoms in total. The van der Waals surface area contributed by atoms with Crippen molar-refractivity contribution in [1.82, 2.24) is 4.57 Å². The molecule has 0 radical (unpaired) electrons. The summed E-state index contributed by atoms with van der Waals surface area (Å²) in [6.45, 7) is 0.767. The lowest BCUT2D eigenvalue weighted by atomic mass is 10.2. The van der Waals surface area contributed by atoms with Crippen LogP contribution in [-0.2, 0) is 13.6 Å². The van der Waals surface area contributed by atoms with E-state index < -0.39 is 0 Å². The number of hydrogen-bond acceptors (Lipinski definition) is 2. The number of imidazole rings is 1.